The Hall–Kier alpha value is -1.38. The van der Waals surface area contributed by atoms with Crippen LogP contribution in [0, 0.1) is 12.7 Å². The van der Waals surface area contributed by atoms with Crippen LogP contribution in [0.25, 0.3) is 0 Å². The van der Waals surface area contributed by atoms with E-state index in [2.05, 4.69) is 19.2 Å². The van der Waals surface area contributed by atoms with Crippen LogP contribution in [0.2, 0.25) is 0 Å². The highest BCUT2D eigenvalue weighted by Gasteiger charge is 2.34. The number of halogens is 1. The molecule has 1 amide bonds. The average Bonchev–Trinajstić information content (AvgIpc) is 2.55. The summed E-state index contributed by atoms with van der Waals surface area (Å²) in [6.45, 7) is 17.9. The zero-order valence-electron chi connectivity index (χ0n) is 15.9. The second-order valence-corrected chi connectivity index (χ2v) is 4.79. The van der Waals surface area contributed by atoms with Crippen molar-refractivity contribution in [1.82, 2.24) is 0 Å². The van der Waals surface area contributed by atoms with Crippen LogP contribution in [0.1, 0.15) is 79.4 Å². The predicted molar refractivity (Wildman–Crippen MR) is 96.1 cm³/mol. The lowest BCUT2D eigenvalue weighted by molar-refractivity contribution is -0.117. The Morgan fingerprint density at radius 3 is 2.09 bits per heavy atom. The van der Waals surface area contributed by atoms with Crippen molar-refractivity contribution in [2.24, 2.45) is 0 Å². The third kappa shape index (κ3) is 5.43. The van der Waals surface area contributed by atoms with Gasteiger partial charge < -0.3 is 5.32 Å². The largest absolute Gasteiger partial charge is 0.326 e. The molecule has 0 radical (unpaired) electrons. The minimum absolute atomic E-state index is 0.0277. The molecule has 0 saturated carbocycles. The highest BCUT2D eigenvalue weighted by Crippen LogP contribution is 2.40. The normalized spacial score (nSPS) is 18.2. The Bertz CT molecular complexity index is 457. The number of hydrogen-bond donors (Lipinski definition) is 1. The van der Waals surface area contributed by atoms with Crippen LogP contribution >= 0.6 is 0 Å². The maximum absolute atomic E-state index is 13.4. The fraction of sp³-hybridized carbons (Fsp3) is 0.632. The number of hydrogen-bond acceptors (Lipinski definition) is 1. The lowest BCUT2D eigenvalue weighted by atomic mass is 9.74. The van der Waals surface area contributed by atoms with E-state index in [0.29, 0.717) is 17.7 Å². The van der Waals surface area contributed by atoms with Crippen LogP contribution in [-0.4, -0.2) is 5.91 Å². The van der Waals surface area contributed by atoms with Gasteiger partial charge in [-0.25, -0.2) is 4.39 Å². The molecule has 1 aromatic carbocycles. The van der Waals surface area contributed by atoms with Gasteiger partial charge in [-0.2, -0.15) is 0 Å². The van der Waals surface area contributed by atoms with Gasteiger partial charge in [-0.3, -0.25) is 4.79 Å². The van der Waals surface area contributed by atoms with Crippen molar-refractivity contribution < 1.29 is 9.18 Å². The fourth-order valence-electron chi connectivity index (χ4n) is 2.24. The molecule has 0 saturated heterocycles. The summed E-state index contributed by atoms with van der Waals surface area (Å²) in [5, 5.41) is 2.74. The summed E-state index contributed by atoms with van der Waals surface area (Å²) < 4.78 is 13.4. The van der Waals surface area contributed by atoms with Crippen molar-refractivity contribution >= 4 is 11.6 Å². The van der Waals surface area contributed by atoms with Crippen LogP contribution in [0.3, 0.4) is 0 Å². The molecule has 0 aliphatic carbocycles. The molecule has 0 bridgehead atoms. The Morgan fingerprint density at radius 2 is 1.64 bits per heavy atom. The topological polar surface area (TPSA) is 29.1 Å². The monoisotopic (exact) mass is 311 g/mol. The number of benzene rings is 1. The quantitative estimate of drug-likeness (QED) is 0.655. The van der Waals surface area contributed by atoms with E-state index in [9.17, 15) is 9.18 Å². The Kier molecular flexibility index (Phi) is 11.7. The van der Waals surface area contributed by atoms with Gasteiger partial charge in [-0.05, 0) is 30.5 Å². The molecule has 1 atom stereocenters. The lowest BCUT2D eigenvalue weighted by Gasteiger charge is -2.35. The number of anilines is 1. The molecule has 0 spiro atoms. The lowest BCUT2D eigenvalue weighted by Crippen LogP contribution is -2.34. The third-order valence-electron chi connectivity index (χ3n) is 3.55. The summed E-state index contributed by atoms with van der Waals surface area (Å²) in [5.41, 5.74) is 2.14. The molecule has 2 rings (SSSR count). The van der Waals surface area contributed by atoms with Gasteiger partial charge in [0.15, 0.2) is 0 Å². The van der Waals surface area contributed by atoms with Gasteiger partial charge in [-0.1, -0.05) is 61.5 Å². The predicted octanol–water partition coefficient (Wildman–Crippen LogP) is 6.22. The third-order valence-corrected chi connectivity index (χ3v) is 3.55. The number of aryl methyl sites for hydroxylation is 1. The molecule has 1 heterocycles. The fourth-order valence-corrected chi connectivity index (χ4v) is 2.24. The molecule has 0 aromatic heterocycles. The van der Waals surface area contributed by atoms with E-state index in [-0.39, 0.29) is 17.1 Å². The standard InChI is InChI=1S/C13H16FNO.3C2H6/c1-4-13(3)7-12(16)15-11-6-10(14)8(2)5-9(11)13;3*1-2/h5-6H,4,7H2,1-3H3,(H,15,16);3*1-2H3. The van der Waals surface area contributed by atoms with E-state index in [1.165, 1.54) is 6.07 Å². The van der Waals surface area contributed by atoms with E-state index in [1.54, 1.807) is 6.92 Å². The second kappa shape index (κ2) is 11.2. The van der Waals surface area contributed by atoms with Crippen LogP contribution in [0.4, 0.5) is 10.1 Å². The van der Waals surface area contributed by atoms with Gasteiger partial charge in [0.1, 0.15) is 5.82 Å². The number of amides is 1. The molecular weight excluding hydrogens is 277 g/mol. The van der Waals surface area contributed by atoms with Crippen molar-refractivity contribution in [3.8, 4) is 0 Å². The summed E-state index contributed by atoms with van der Waals surface area (Å²) in [6, 6.07) is 3.28. The van der Waals surface area contributed by atoms with Crippen LogP contribution in [-0.2, 0) is 10.2 Å². The van der Waals surface area contributed by atoms with Gasteiger partial charge in [0.05, 0.1) is 0 Å². The molecule has 1 aliphatic rings. The molecule has 1 unspecified atom stereocenters. The van der Waals surface area contributed by atoms with Crippen molar-refractivity contribution in [2.75, 3.05) is 5.32 Å². The van der Waals surface area contributed by atoms with E-state index < -0.39 is 0 Å². The van der Waals surface area contributed by atoms with Crippen molar-refractivity contribution in [3.63, 3.8) is 0 Å². The van der Waals surface area contributed by atoms with Gasteiger partial charge in [0.2, 0.25) is 5.91 Å². The summed E-state index contributed by atoms with van der Waals surface area (Å²) in [6.07, 6.45) is 1.35. The molecule has 2 nitrogen and oxygen atoms in total. The zero-order valence-corrected chi connectivity index (χ0v) is 15.9. The number of nitrogens with one attached hydrogen (secondary N) is 1. The highest BCUT2D eigenvalue weighted by molar-refractivity contribution is 5.95. The van der Waals surface area contributed by atoms with Gasteiger partial charge in [0, 0.05) is 17.5 Å². The van der Waals surface area contributed by atoms with Crippen molar-refractivity contribution in [1.29, 1.82) is 0 Å². The first-order chi connectivity index (χ1) is 10.5. The number of fused-ring (bicyclic) bond motifs is 1. The summed E-state index contributed by atoms with van der Waals surface area (Å²) in [5.74, 6) is -0.292. The average molecular weight is 311 g/mol. The molecule has 1 N–H and O–H groups in total. The molecule has 0 fully saturated rings. The van der Waals surface area contributed by atoms with E-state index >= 15 is 0 Å². The molecule has 1 aromatic rings. The summed E-state index contributed by atoms with van der Waals surface area (Å²) in [7, 11) is 0. The van der Waals surface area contributed by atoms with Gasteiger partial charge in [0.25, 0.3) is 0 Å². The van der Waals surface area contributed by atoms with Crippen LogP contribution in [0.15, 0.2) is 12.1 Å². The highest BCUT2D eigenvalue weighted by atomic mass is 19.1. The Balaban J connectivity index is 0. The maximum Gasteiger partial charge on any atom is 0.225 e. The van der Waals surface area contributed by atoms with Crippen LogP contribution in [0.5, 0.6) is 0 Å². The zero-order chi connectivity index (χ0) is 17.9. The smallest absolute Gasteiger partial charge is 0.225 e. The van der Waals surface area contributed by atoms with E-state index in [0.717, 1.165) is 12.0 Å². The minimum atomic E-state index is -0.264. The van der Waals surface area contributed by atoms with E-state index in [4.69, 9.17) is 0 Å². The van der Waals surface area contributed by atoms with Gasteiger partial charge in [-0.15, -0.1) is 0 Å². The first kappa shape index (κ1) is 22.9. The number of carbonyl (C=O) groups excluding carboxylic acids is 1. The first-order valence-electron chi connectivity index (χ1n) is 8.57. The molecule has 3 heteroatoms. The van der Waals surface area contributed by atoms with Crippen molar-refractivity contribution in [3.05, 3.63) is 29.1 Å². The number of carbonyl (C=O) groups is 1. The Labute approximate surface area is 136 Å². The number of rotatable bonds is 1. The van der Waals surface area contributed by atoms with Gasteiger partial charge >= 0.3 is 0 Å². The van der Waals surface area contributed by atoms with E-state index in [1.807, 2.05) is 47.6 Å². The Morgan fingerprint density at radius 1 is 1.14 bits per heavy atom. The van der Waals surface area contributed by atoms with Crippen molar-refractivity contribution in [2.45, 2.75) is 80.6 Å². The van der Waals surface area contributed by atoms with Crippen LogP contribution < -0.4 is 5.32 Å². The first-order valence-corrected chi connectivity index (χ1v) is 8.57. The molecular formula is C19H34FNO. The SMILES string of the molecule is CC.CC.CC.CCC1(C)CC(=O)Nc2cc(F)c(C)cc21. The molecule has 22 heavy (non-hydrogen) atoms. The second-order valence-electron chi connectivity index (χ2n) is 4.79. The summed E-state index contributed by atoms with van der Waals surface area (Å²) in [4.78, 5) is 11.6. The maximum atomic E-state index is 13.4. The minimum Gasteiger partial charge on any atom is -0.326 e. The molecule has 128 valence electrons. The molecule has 1 aliphatic heterocycles. The summed E-state index contributed by atoms with van der Waals surface area (Å²) >= 11 is 0.